The van der Waals surface area contributed by atoms with Gasteiger partial charge in [0.1, 0.15) is 0 Å². The molecule has 0 atom stereocenters. The Morgan fingerprint density at radius 1 is 1.31 bits per heavy atom. The van der Waals surface area contributed by atoms with E-state index >= 15 is 0 Å². The molecule has 0 aromatic rings. The molecule has 2 nitrogen and oxygen atoms in total. The van der Waals surface area contributed by atoms with Crippen molar-refractivity contribution in [3.8, 4) is 0 Å². The zero-order valence-electron chi connectivity index (χ0n) is 8.97. The molecular weight excluding hydrogens is 160 g/mol. The Hall–Kier alpha value is -0.550. The van der Waals surface area contributed by atoms with Gasteiger partial charge in [-0.3, -0.25) is 0 Å². The van der Waals surface area contributed by atoms with Gasteiger partial charge in [0.15, 0.2) is 0 Å². The van der Waals surface area contributed by atoms with Crippen molar-refractivity contribution in [2.45, 2.75) is 39.5 Å². The van der Waals surface area contributed by atoms with Gasteiger partial charge in [-0.2, -0.15) is 0 Å². The highest BCUT2D eigenvalue weighted by atomic mass is 15.1. The second-order valence-corrected chi connectivity index (χ2v) is 4.04. The topological polar surface area (TPSA) is 28.2 Å². The maximum atomic E-state index is 6.25. The molecule has 0 unspecified atom stereocenters. The molecule has 0 aromatic heterocycles. The van der Waals surface area contributed by atoms with Gasteiger partial charge in [-0.1, -0.05) is 20.3 Å². The van der Waals surface area contributed by atoms with Gasteiger partial charge in [0.05, 0.1) is 19.6 Å². The fourth-order valence-electron chi connectivity index (χ4n) is 1.85. The van der Waals surface area contributed by atoms with Crippen molar-refractivity contribution in [1.82, 2.24) is 0 Å². The van der Waals surface area contributed by atoms with Crippen LogP contribution in [0, 0.1) is 17.8 Å². The minimum Gasteiger partial charge on any atom is -0.512 e. The lowest BCUT2D eigenvalue weighted by molar-refractivity contribution is -0.906. The van der Waals surface area contributed by atoms with E-state index in [-0.39, 0.29) is 0 Å². The van der Waals surface area contributed by atoms with Crippen molar-refractivity contribution in [2.75, 3.05) is 19.6 Å². The van der Waals surface area contributed by atoms with Crippen molar-refractivity contribution in [3.63, 3.8) is 0 Å². The van der Waals surface area contributed by atoms with Gasteiger partial charge in [0.25, 0.3) is 0 Å². The third kappa shape index (κ3) is 5.65. The summed E-state index contributed by atoms with van der Waals surface area (Å²) in [5.74, 6) is 1.00. The molecule has 0 aromatic carbocycles. The number of rotatable bonds is 3. The monoisotopic (exact) mass is 182 g/mol. The van der Waals surface area contributed by atoms with Crippen LogP contribution in [0.25, 0.3) is 0 Å². The highest BCUT2D eigenvalue weighted by Crippen LogP contribution is 2.06. The number of hydrogen-bond donors (Lipinski definition) is 1. The Balaban J connectivity index is 0.000000671. The number of likely N-dealkylation sites (tertiary alicyclic amines) is 1. The van der Waals surface area contributed by atoms with E-state index in [1.54, 1.807) is 0 Å². The van der Waals surface area contributed by atoms with Gasteiger partial charge in [-0.15, -0.1) is 0 Å². The largest absolute Gasteiger partial charge is 0.512 e. The van der Waals surface area contributed by atoms with Crippen LogP contribution in [0.5, 0.6) is 0 Å². The third-order valence-corrected chi connectivity index (χ3v) is 2.87. The molecule has 0 bridgehead atoms. The van der Waals surface area contributed by atoms with Gasteiger partial charge in [-0.25, -0.2) is 0 Å². The summed E-state index contributed by atoms with van der Waals surface area (Å²) in [5, 5.41) is 6.25. The van der Waals surface area contributed by atoms with E-state index in [1.807, 2.05) is 4.90 Å². The number of unbranched alkanes of at least 4 members (excludes halogenated alkanes) is 1. The third-order valence-electron chi connectivity index (χ3n) is 2.87. The Bertz CT molecular complexity index is 121. The van der Waals surface area contributed by atoms with Crippen LogP contribution in [-0.2, 0) is 0 Å². The predicted octanol–water partition coefficient (Wildman–Crippen LogP) is 1.20. The Morgan fingerprint density at radius 3 is 2.31 bits per heavy atom. The summed E-state index contributed by atoms with van der Waals surface area (Å²) in [6.07, 6.45) is 5.70. The molecular formula is C11H22N2. The quantitative estimate of drug-likeness (QED) is 0.653. The first kappa shape index (κ1) is 12.4. The molecule has 13 heavy (non-hydrogen) atoms. The van der Waals surface area contributed by atoms with E-state index in [9.17, 15) is 0 Å². The highest BCUT2D eigenvalue weighted by molar-refractivity contribution is 4.55. The predicted molar refractivity (Wildman–Crippen MR) is 53.8 cm³/mol. The SMILES string of the molecule is CCCC[NH+]1CCC(C)CC1.[C-]#N. The summed E-state index contributed by atoms with van der Waals surface area (Å²) in [6.45, 7) is 13.7. The summed E-state index contributed by atoms with van der Waals surface area (Å²) >= 11 is 0. The van der Waals surface area contributed by atoms with E-state index < -0.39 is 0 Å². The fourth-order valence-corrected chi connectivity index (χ4v) is 1.85. The van der Waals surface area contributed by atoms with Gasteiger partial charge in [-0.05, 0) is 25.2 Å². The summed E-state index contributed by atoms with van der Waals surface area (Å²) in [6, 6.07) is 0. The molecule has 1 heterocycles. The smallest absolute Gasteiger partial charge is 0.0773 e. The molecule has 1 fully saturated rings. The van der Waals surface area contributed by atoms with Crippen LogP contribution in [-0.4, -0.2) is 19.6 Å². The second-order valence-electron chi connectivity index (χ2n) is 4.04. The molecule has 76 valence electrons. The molecule has 0 saturated carbocycles. The standard InChI is InChI=1S/C10H21N.CN/c1-3-4-7-11-8-5-10(2)6-9-11;1-2/h10H,3-9H2,1-2H3;/q;-1/p+1. The lowest BCUT2D eigenvalue weighted by atomic mass is 9.99. The fraction of sp³-hybridized carbons (Fsp3) is 0.909. The van der Waals surface area contributed by atoms with Gasteiger partial charge >= 0.3 is 0 Å². The first-order valence-electron chi connectivity index (χ1n) is 5.39. The Morgan fingerprint density at radius 2 is 1.85 bits per heavy atom. The minimum absolute atomic E-state index is 1.00. The lowest BCUT2D eigenvalue weighted by Gasteiger charge is -2.27. The van der Waals surface area contributed by atoms with Crippen LogP contribution in [0.3, 0.4) is 0 Å². The van der Waals surface area contributed by atoms with Crippen LogP contribution in [0.4, 0.5) is 0 Å². The highest BCUT2D eigenvalue weighted by Gasteiger charge is 2.17. The molecule has 0 radical (unpaired) electrons. The zero-order valence-corrected chi connectivity index (χ0v) is 8.97. The first-order valence-corrected chi connectivity index (χ1v) is 5.39. The van der Waals surface area contributed by atoms with E-state index in [2.05, 4.69) is 13.8 Å². The average molecular weight is 182 g/mol. The molecule has 2 heteroatoms. The molecule has 1 rings (SSSR count). The average Bonchev–Trinajstić information content (AvgIpc) is 2.20. The minimum atomic E-state index is 1.00. The van der Waals surface area contributed by atoms with Crippen molar-refractivity contribution in [3.05, 3.63) is 6.57 Å². The van der Waals surface area contributed by atoms with Gasteiger partial charge in [0.2, 0.25) is 0 Å². The maximum Gasteiger partial charge on any atom is 0.0773 e. The van der Waals surface area contributed by atoms with Crippen molar-refractivity contribution < 1.29 is 4.90 Å². The number of quaternary nitrogens is 1. The van der Waals surface area contributed by atoms with E-state index in [4.69, 9.17) is 11.8 Å². The van der Waals surface area contributed by atoms with Crippen molar-refractivity contribution in [1.29, 1.82) is 5.26 Å². The van der Waals surface area contributed by atoms with Crippen LogP contribution in [0.1, 0.15) is 39.5 Å². The summed E-state index contributed by atoms with van der Waals surface area (Å²) in [7, 11) is 0. The number of nitrogens with zero attached hydrogens (tertiary/aromatic N) is 1. The van der Waals surface area contributed by atoms with Gasteiger partial charge in [0, 0.05) is 0 Å². The Labute approximate surface area is 82.5 Å². The van der Waals surface area contributed by atoms with E-state index in [0.717, 1.165) is 5.92 Å². The number of piperidine rings is 1. The molecule has 0 spiro atoms. The number of nitrogens with one attached hydrogen (secondary N) is 1. The number of hydrogen-bond acceptors (Lipinski definition) is 1. The summed E-state index contributed by atoms with van der Waals surface area (Å²) < 4.78 is 0. The maximum absolute atomic E-state index is 6.25. The lowest BCUT2D eigenvalue weighted by Crippen LogP contribution is -3.13. The van der Waals surface area contributed by atoms with Crippen molar-refractivity contribution in [2.24, 2.45) is 5.92 Å². The summed E-state index contributed by atoms with van der Waals surface area (Å²) in [5.41, 5.74) is 0. The Kier molecular flexibility index (Phi) is 7.73. The van der Waals surface area contributed by atoms with Crippen LogP contribution in [0.2, 0.25) is 0 Å². The molecule has 1 saturated heterocycles. The molecule has 0 aliphatic carbocycles. The van der Waals surface area contributed by atoms with Gasteiger partial charge < -0.3 is 16.7 Å². The van der Waals surface area contributed by atoms with Crippen LogP contribution < -0.4 is 4.90 Å². The van der Waals surface area contributed by atoms with E-state index in [1.165, 1.54) is 45.3 Å². The zero-order chi connectivity index (χ0) is 10.1. The summed E-state index contributed by atoms with van der Waals surface area (Å²) in [4.78, 5) is 1.85. The molecule has 0 amide bonds. The van der Waals surface area contributed by atoms with Crippen molar-refractivity contribution >= 4 is 0 Å². The van der Waals surface area contributed by atoms with E-state index in [0.29, 0.717) is 0 Å². The second kappa shape index (κ2) is 8.07. The first-order chi connectivity index (χ1) is 6.33. The normalized spacial score (nSPS) is 27.4. The molecule has 1 aliphatic rings. The van der Waals surface area contributed by atoms with Crippen LogP contribution in [0.15, 0.2) is 0 Å². The van der Waals surface area contributed by atoms with Crippen LogP contribution >= 0.6 is 0 Å². The molecule has 1 N–H and O–H groups in total. The molecule has 1 aliphatic heterocycles.